The zero-order chi connectivity index (χ0) is 14.3. The van der Waals surface area contributed by atoms with E-state index < -0.39 is 5.97 Å². The molecule has 2 N–H and O–H groups in total. The fraction of sp³-hybridized carbons (Fsp3) is 0.500. The number of hydrogen-bond acceptors (Lipinski definition) is 3. The zero-order valence-electron chi connectivity index (χ0n) is 11.3. The van der Waals surface area contributed by atoms with E-state index in [4.69, 9.17) is 21.4 Å². The fourth-order valence-corrected chi connectivity index (χ4v) is 1.82. The molecular formula is C14H20ClNO3. The molecule has 0 spiro atoms. The van der Waals surface area contributed by atoms with E-state index in [1.54, 1.807) is 18.2 Å². The van der Waals surface area contributed by atoms with Crippen molar-refractivity contribution >= 4 is 23.3 Å². The smallest absolute Gasteiger partial charge is 0.339 e. The first-order valence-corrected chi connectivity index (χ1v) is 6.73. The molecule has 0 aliphatic heterocycles. The Morgan fingerprint density at radius 1 is 1.42 bits per heavy atom. The third-order valence-corrected chi connectivity index (χ3v) is 2.94. The maximum atomic E-state index is 11.1. The topological polar surface area (TPSA) is 58.6 Å². The normalized spacial score (nSPS) is 10.7. The number of carboxylic acid groups (broad SMARTS) is 1. The van der Waals surface area contributed by atoms with Crippen LogP contribution < -0.4 is 5.32 Å². The molecule has 1 aromatic rings. The Bertz CT molecular complexity index is 421. The lowest BCUT2D eigenvalue weighted by Gasteiger charge is -2.11. The van der Waals surface area contributed by atoms with Crippen LogP contribution in [0.5, 0.6) is 0 Å². The molecule has 0 radical (unpaired) electrons. The number of benzene rings is 1. The van der Waals surface area contributed by atoms with Crippen LogP contribution in [0.2, 0.25) is 5.02 Å². The average Bonchev–Trinajstić information content (AvgIpc) is 2.32. The number of hydrogen-bond donors (Lipinski definition) is 2. The molecule has 0 heterocycles. The molecule has 0 aromatic heterocycles. The van der Waals surface area contributed by atoms with Crippen molar-refractivity contribution in [3.63, 3.8) is 0 Å². The van der Waals surface area contributed by atoms with Crippen molar-refractivity contribution in [1.82, 2.24) is 0 Å². The quantitative estimate of drug-likeness (QED) is 0.718. The third kappa shape index (κ3) is 5.49. The second kappa shape index (κ2) is 8.02. The average molecular weight is 286 g/mol. The van der Waals surface area contributed by atoms with E-state index in [1.807, 2.05) is 0 Å². The second-order valence-electron chi connectivity index (χ2n) is 4.69. The Morgan fingerprint density at radius 3 is 2.79 bits per heavy atom. The maximum Gasteiger partial charge on any atom is 0.339 e. The van der Waals surface area contributed by atoms with E-state index in [0.717, 1.165) is 13.0 Å². The number of aromatic carboxylic acids is 1. The summed E-state index contributed by atoms with van der Waals surface area (Å²) in [4.78, 5) is 11.1. The molecular weight excluding hydrogens is 266 g/mol. The summed E-state index contributed by atoms with van der Waals surface area (Å²) in [7, 11) is 0. The van der Waals surface area contributed by atoms with Gasteiger partial charge in [-0.25, -0.2) is 4.79 Å². The van der Waals surface area contributed by atoms with Crippen LogP contribution in [-0.4, -0.2) is 30.8 Å². The number of anilines is 1. The molecule has 0 aliphatic rings. The van der Waals surface area contributed by atoms with Crippen molar-refractivity contribution < 1.29 is 14.6 Å². The fourth-order valence-electron chi connectivity index (χ4n) is 1.57. The van der Waals surface area contributed by atoms with Crippen molar-refractivity contribution in [2.24, 2.45) is 5.92 Å². The SMILES string of the molecule is CC(C)CCOCCNc1cccc(Cl)c1C(=O)O. The lowest BCUT2D eigenvalue weighted by atomic mass is 10.1. The van der Waals surface area contributed by atoms with Crippen LogP contribution in [0.15, 0.2) is 18.2 Å². The van der Waals surface area contributed by atoms with Crippen molar-refractivity contribution in [3.05, 3.63) is 28.8 Å². The number of carboxylic acids is 1. The van der Waals surface area contributed by atoms with Crippen LogP contribution in [0.4, 0.5) is 5.69 Å². The van der Waals surface area contributed by atoms with Crippen LogP contribution >= 0.6 is 11.6 Å². The maximum absolute atomic E-state index is 11.1. The predicted molar refractivity (Wildman–Crippen MR) is 77.2 cm³/mol. The molecule has 106 valence electrons. The molecule has 5 heteroatoms. The van der Waals surface area contributed by atoms with E-state index in [-0.39, 0.29) is 10.6 Å². The summed E-state index contributed by atoms with van der Waals surface area (Å²) in [6.45, 7) is 6.11. The van der Waals surface area contributed by atoms with Gasteiger partial charge in [-0.2, -0.15) is 0 Å². The van der Waals surface area contributed by atoms with Gasteiger partial charge in [0.05, 0.1) is 17.3 Å². The summed E-state index contributed by atoms with van der Waals surface area (Å²) in [5, 5.41) is 12.4. The van der Waals surface area contributed by atoms with Crippen LogP contribution in [0, 0.1) is 5.92 Å². The van der Waals surface area contributed by atoms with Crippen LogP contribution in [-0.2, 0) is 4.74 Å². The van der Waals surface area contributed by atoms with Crippen molar-refractivity contribution in [2.75, 3.05) is 25.1 Å². The highest BCUT2D eigenvalue weighted by atomic mass is 35.5. The highest BCUT2D eigenvalue weighted by Gasteiger charge is 2.13. The van der Waals surface area contributed by atoms with E-state index in [9.17, 15) is 4.79 Å². The highest BCUT2D eigenvalue weighted by molar-refractivity contribution is 6.34. The summed E-state index contributed by atoms with van der Waals surface area (Å²) in [6, 6.07) is 4.98. The molecule has 0 saturated carbocycles. The van der Waals surface area contributed by atoms with Gasteiger partial charge in [-0.1, -0.05) is 31.5 Å². The van der Waals surface area contributed by atoms with E-state index >= 15 is 0 Å². The van der Waals surface area contributed by atoms with Gasteiger partial charge in [0, 0.05) is 13.2 Å². The van der Waals surface area contributed by atoms with Crippen LogP contribution in [0.3, 0.4) is 0 Å². The minimum Gasteiger partial charge on any atom is -0.478 e. The van der Waals surface area contributed by atoms with Gasteiger partial charge in [-0.3, -0.25) is 0 Å². The van der Waals surface area contributed by atoms with Crippen molar-refractivity contribution in [1.29, 1.82) is 0 Å². The Hall–Kier alpha value is -1.26. The summed E-state index contributed by atoms with van der Waals surface area (Å²) in [6.07, 6.45) is 1.03. The number of rotatable bonds is 8. The standard InChI is InChI=1S/C14H20ClNO3/c1-10(2)6-8-19-9-7-16-12-5-3-4-11(15)13(12)14(17)18/h3-5,10,16H,6-9H2,1-2H3,(H,17,18). The number of nitrogens with one attached hydrogen (secondary N) is 1. The Balaban J connectivity index is 2.41. The summed E-state index contributed by atoms with van der Waals surface area (Å²) < 4.78 is 5.45. The molecule has 19 heavy (non-hydrogen) atoms. The van der Waals surface area contributed by atoms with Gasteiger partial charge in [0.2, 0.25) is 0 Å². The molecule has 1 aromatic carbocycles. The Labute approximate surface area is 118 Å². The first-order chi connectivity index (χ1) is 9.02. The van der Waals surface area contributed by atoms with Crippen LogP contribution in [0.25, 0.3) is 0 Å². The molecule has 0 atom stereocenters. The highest BCUT2D eigenvalue weighted by Crippen LogP contribution is 2.24. The lowest BCUT2D eigenvalue weighted by molar-refractivity contribution is 0.0698. The first-order valence-electron chi connectivity index (χ1n) is 6.35. The molecule has 1 rings (SSSR count). The summed E-state index contributed by atoms with van der Waals surface area (Å²) >= 11 is 5.87. The Morgan fingerprint density at radius 2 is 2.16 bits per heavy atom. The minimum atomic E-state index is -1.03. The van der Waals surface area contributed by atoms with Crippen LogP contribution in [0.1, 0.15) is 30.6 Å². The molecule has 0 amide bonds. The number of halogens is 1. The van der Waals surface area contributed by atoms with Gasteiger partial charge < -0.3 is 15.2 Å². The molecule has 0 saturated heterocycles. The third-order valence-electron chi connectivity index (χ3n) is 2.63. The minimum absolute atomic E-state index is 0.103. The zero-order valence-corrected chi connectivity index (χ0v) is 12.0. The summed E-state index contributed by atoms with van der Waals surface area (Å²) in [5.41, 5.74) is 0.624. The number of carbonyl (C=O) groups is 1. The first kappa shape index (κ1) is 15.8. The molecule has 0 aliphatic carbocycles. The van der Waals surface area contributed by atoms with Gasteiger partial charge in [-0.15, -0.1) is 0 Å². The second-order valence-corrected chi connectivity index (χ2v) is 5.10. The molecule has 4 nitrogen and oxygen atoms in total. The summed E-state index contributed by atoms with van der Waals surface area (Å²) in [5.74, 6) is -0.409. The van der Waals surface area contributed by atoms with Crippen molar-refractivity contribution in [3.8, 4) is 0 Å². The van der Waals surface area contributed by atoms with Gasteiger partial charge in [0.25, 0.3) is 0 Å². The van der Waals surface area contributed by atoms with E-state index in [1.165, 1.54) is 0 Å². The van der Waals surface area contributed by atoms with Gasteiger partial charge in [0.1, 0.15) is 5.56 Å². The van der Waals surface area contributed by atoms with Gasteiger partial charge in [0.15, 0.2) is 0 Å². The van der Waals surface area contributed by atoms with E-state index in [0.29, 0.717) is 24.8 Å². The van der Waals surface area contributed by atoms with Gasteiger partial charge >= 0.3 is 5.97 Å². The van der Waals surface area contributed by atoms with E-state index in [2.05, 4.69) is 19.2 Å². The lowest BCUT2D eigenvalue weighted by Crippen LogP contribution is -2.13. The van der Waals surface area contributed by atoms with Crippen molar-refractivity contribution in [2.45, 2.75) is 20.3 Å². The predicted octanol–water partition coefficient (Wildman–Crippen LogP) is 3.51. The largest absolute Gasteiger partial charge is 0.478 e. The molecule has 0 unspecified atom stereocenters. The Kier molecular flexibility index (Phi) is 6.67. The molecule has 0 bridgehead atoms. The van der Waals surface area contributed by atoms with Gasteiger partial charge in [-0.05, 0) is 24.5 Å². The molecule has 0 fully saturated rings. The monoisotopic (exact) mass is 285 g/mol. The number of ether oxygens (including phenoxy) is 1.